The number of aliphatic hydroxyl groups excluding tert-OH is 1. The van der Waals surface area contributed by atoms with Gasteiger partial charge in [0.1, 0.15) is 24.2 Å². The van der Waals surface area contributed by atoms with Gasteiger partial charge in [-0.3, -0.25) is 19.2 Å². The average molecular weight is 500 g/mol. The minimum absolute atomic E-state index is 0.0835. The molecule has 1 aromatic rings. The normalized spacial score (nSPS) is 14.3. The number of hydrogen-bond acceptors (Lipinski definition) is 9. The molecule has 0 fully saturated rings. The summed E-state index contributed by atoms with van der Waals surface area (Å²) >= 11 is 0. The molecular weight excluding hydrogens is 466 g/mol. The van der Waals surface area contributed by atoms with E-state index >= 15 is 0 Å². The highest BCUT2D eigenvalue weighted by atomic mass is 16.4. The monoisotopic (exact) mass is 499 g/mol. The summed E-state index contributed by atoms with van der Waals surface area (Å²) < 4.78 is 0. The minimum atomic E-state index is -1.40. The maximum atomic E-state index is 13.0. The number of unbranched alkanes of at least 4 members (excludes halogenated alkanes) is 1. The number of aliphatic carboxylic acids is 2. The number of nitrogens with zero attached hydrogens (tertiary/aromatic N) is 1. The predicted octanol–water partition coefficient (Wildman–Crippen LogP) is -3.20. The van der Waals surface area contributed by atoms with Crippen LogP contribution in [0.4, 0.5) is 0 Å². The summed E-state index contributed by atoms with van der Waals surface area (Å²) in [5.74, 6) is -5.09. The lowest BCUT2D eigenvalue weighted by Gasteiger charge is -2.24. The number of rotatable bonds is 17. The second kappa shape index (κ2) is 15.4. The topological polar surface area (TPSA) is 263 Å². The van der Waals surface area contributed by atoms with Gasteiger partial charge in [-0.1, -0.05) is 0 Å². The van der Waals surface area contributed by atoms with E-state index in [1.807, 2.05) is 0 Å². The van der Waals surface area contributed by atoms with Crippen LogP contribution in [-0.2, 0) is 30.4 Å². The molecule has 1 heterocycles. The third-order valence-corrected chi connectivity index (χ3v) is 4.99. The van der Waals surface area contributed by atoms with E-state index in [1.165, 1.54) is 12.5 Å². The van der Waals surface area contributed by atoms with Gasteiger partial charge in [-0.15, -0.1) is 0 Å². The number of nitrogens with one attached hydrogen (secondary N) is 4. The first-order valence-corrected chi connectivity index (χ1v) is 11.0. The highest BCUT2D eigenvalue weighted by molar-refractivity contribution is 5.94. The van der Waals surface area contributed by atoms with E-state index in [0.717, 1.165) is 0 Å². The van der Waals surface area contributed by atoms with Crippen LogP contribution in [0.1, 0.15) is 37.8 Å². The number of hydrogen-bond donors (Lipinski definition) is 9. The van der Waals surface area contributed by atoms with Gasteiger partial charge in [0.05, 0.1) is 12.9 Å². The summed E-state index contributed by atoms with van der Waals surface area (Å²) in [6.07, 6.45) is 2.93. The van der Waals surface area contributed by atoms with Gasteiger partial charge < -0.3 is 47.7 Å². The molecule has 0 bridgehead atoms. The first-order chi connectivity index (χ1) is 16.6. The molecule has 11 N–H and O–H groups in total. The van der Waals surface area contributed by atoms with E-state index in [-0.39, 0.29) is 19.3 Å². The molecule has 35 heavy (non-hydrogen) atoms. The van der Waals surface area contributed by atoms with E-state index in [1.54, 1.807) is 0 Å². The Balaban J connectivity index is 3.02. The second-order valence-corrected chi connectivity index (χ2v) is 7.81. The van der Waals surface area contributed by atoms with Crippen molar-refractivity contribution >= 4 is 29.7 Å². The predicted molar refractivity (Wildman–Crippen MR) is 121 cm³/mol. The fraction of sp³-hybridized carbons (Fsp3) is 0.600. The summed E-state index contributed by atoms with van der Waals surface area (Å²) in [5, 5.41) is 34.6. The van der Waals surface area contributed by atoms with Gasteiger partial charge >= 0.3 is 11.9 Å². The van der Waals surface area contributed by atoms with E-state index in [9.17, 15) is 29.1 Å². The third kappa shape index (κ3) is 10.9. The molecule has 0 saturated heterocycles. The quantitative estimate of drug-likeness (QED) is 0.0963. The van der Waals surface area contributed by atoms with Gasteiger partial charge in [0.2, 0.25) is 17.7 Å². The molecule has 15 heteroatoms. The number of imidazole rings is 1. The Morgan fingerprint density at radius 2 is 1.57 bits per heavy atom. The molecule has 196 valence electrons. The highest BCUT2D eigenvalue weighted by Crippen LogP contribution is 2.06. The van der Waals surface area contributed by atoms with Crippen molar-refractivity contribution in [2.24, 2.45) is 11.5 Å². The van der Waals surface area contributed by atoms with Gasteiger partial charge in [0.15, 0.2) is 0 Å². The van der Waals surface area contributed by atoms with Crippen LogP contribution >= 0.6 is 0 Å². The Labute approximate surface area is 201 Å². The van der Waals surface area contributed by atoms with E-state index < -0.39 is 66.9 Å². The largest absolute Gasteiger partial charge is 0.481 e. The van der Waals surface area contributed by atoms with Gasteiger partial charge in [0, 0.05) is 24.7 Å². The zero-order valence-electron chi connectivity index (χ0n) is 19.1. The molecule has 15 nitrogen and oxygen atoms in total. The Bertz CT molecular complexity index is 849. The van der Waals surface area contributed by atoms with E-state index in [4.69, 9.17) is 21.7 Å². The number of aromatic amines is 1. The van der Waals surface area contributed by atoms with Crippen LogP contribution in [0, 0.1) is 0 Å². The zero-order chi connectivity index (χ0) is 26.4. The van der Waals surface area contributed by atoms with Crippen LogP contribution < -0.4 is 27.4 Å². The number of aliphatic hydroxyl groups is 1. The van der Waals surface area contributed by atoms with Crippen molar-refractivity contribution in [1.29, 1.82) is 0 Å². The van der Waals surface area contributed by atoms with Crippen molar-refractivity contribution in [2.75, 3.05) is 13.2 Å². The Morgan fingerprint density at radius 1 is 0.943 bits per heavy atom. The van der Waals surface area contributed by atoms with Crippen LogP contribution in [-0.4, -0.2) is 92.3 Å². The van der Waals surface area contributed by atoms with Crippen LogP contribution in [0.5, 0.6) is 0 Å². The van der Waals surface area contributed by atoms with Gasteiger partial charge in [-0.05, 0) is 32.2 Å². The maximum Gasteiger partial charge on any atom is 0.326 e. The Hall–Kier alpha value is -3.56. The van der Waals surface area contributed by atoms with Crippen molar-refractivity contribution < 1.29 is 39.3 Å². The number of nitrogens with two attached hydrogens (primary N) is 2. The molecule has 0 saturated carbocycles. The molecule has 4 atom stereocenters. The first-order valence-electron chi connectivity index (χ1n) is 11.0. The molecule has 0 aliphatic carbocycles. The Morgan fingerprint density at radius 3 is 2.11 bits per heavy atom. The van der Waals surface area contributed by atoms with Crippen molar-refractivity contribution in [3.05, 3.63) is 18.2 Å². The lowest BCUT2D eigenvalue weighted by Crippen LogP contribution is -2.58. The van der Waals surface area contributed by atoms with Crippen molar-refractivity contribution in [3.8, 4) is 0 Å². The smallest absolute Gasteiger partial charge is 0.326 e. The van der Waals surface area contributed by atoms with Crippen molar-refractivity contribution in [3.63, 3.8) is 0 Å². The maximum absolute atomic E-state index is 13.0. The minimum Gasteiger partial charge on any atom is -0.481 e. The summed E-state index contributed by atoms with van der Waals surface area (Å²) in [6, 6.07) is -5.23. The molecule has 4 unspecified atom stereocenters. The molecule has 1 aromatic heterocycles. The summed E-state index contributed by atoms with van der Waals surface area (Å²) in [7, 11) is 0. The number of H-pyrrole nitrogens is 1. The number of carbonyl (C=O) groups excluding carboxylic acids is 3. The highest BCUT2D eigenvalue weighted by Gasteiger charge is 2.30. The van der Waals surface area contributed by atoms with Crippen LogP contribution in [0.2, 0.25) is 0 Å². The molecule has 3 amide bonds. The molecule has 0 spiro atoms. The first kappa shape index (κ1) is 29.5. The zero-order valence-corrected chi connectivity index (χ0v) is 19.1. The van der Waals surface area contributed by atoms with Crippen LogP contribution in [0.25, 0.3) is 0 Å². The number of aromatic nitrogens is 2. The number of carbonyl (C=O) groups is 5. The molecule has 0 aliphatic heterocycles. The lowest BCUT2D eigenvalue weighted by atomic mass is 10.1. The average Bonchev–Trinajstić information content (AvgIpc) is 3.32. The molecule has 0 radical (unpaired) electrons. The van der Waals surface area contributed by atoms with E-state index in [2.05, 4.69) is 25.9 Å². The van der Waals surface area contributed by atoms with Crippen molar-refractivity contribution in [1.82, 2.24) is 25.9 Å². The van der Waals surface area contributed by atoms with Crippen molar-refractivity contribution in [2.45, 2.75) is 62.7 Å². The SMILES string of the molecule is NCCCCC(NC(=O)C(CCC(=O)O)NC(=O)C(Cc1cnc[nH]1)NC(=O)C(N)CO)C(=O)O. The van der Waals surface area contributed by atoms with Gasteiger partial charge in [0.25, 0.3) is 0 Å². The summed E-state index contributed by atoms with van der Waals surface area (Å²) in [5.41, 5.74) is 11.4. The fourth-order valence-electron chi connectivity index (χ4n) is 3.02. The molecular formula is C20H33N7O8. The third-order valence-electron chi connectivity index (χ3n) is 4.99. The lowest BCUT2D eigenvalue weighted by molar-refractivity contribution is -0.143. The molecule has 0 aromatic carbocycles. The van der Waals surface area contributed by atoms with Crippen LogP contribution in [0.3, 0.4) is 0 Å². The molecule has 0 aliphatic rings. The Kier molecular flexibility index (Phi) is 12.9. The van der Waals surface area contributed by atoms with Gasteiger partial charge in [-0.25, -0.2) is 9.78 Å². The number of carboxylic acids is 2. The molecule has 1 rings (SSSR count). The fourth-order valence-corrected chi connectivity index (χ4v) is 3.02. The summed E-state index contributed by atoms with van der Waals surface area (Å²) in [4.78, 5) is 67.1. The second-order valence-electron chi connectivity index (χ2n) is 7.81. The van der Waals surface area contributed by atoms with Gasteiger partial charge in [-0.2, -0.15) is 0 Å². The van der Waals surface area contributed by atoms with Crippen LogP contribution in [0.15, 0.2) is 12.5 Å². The standard InChI is InChI=1S/C20H33N7O8/c21-6-2-1-3-14(20(34)35)26-18(32)13(4-5-16(29)30)25-19(33)15(7-11-8-23-10-24-11)27-17(31)12(22)9-28/h8,10,12-15,28H,1-7,9,21-22H2,(H,23,24)(H,25,33)(H,26,32)(H,27,31)(H,29,30)(H,34,35). The summed E-state index contributed by atoms with van der Waals surface area (Å²) in [6.45, 7) is -0.324. The number of carboxylic acid groups (broad SMARTS) is 2. The number of amides is 3. The van der Waals surface area contributed by atoms with E-state index in [0.29, 0.717) is 25.1 Å².